The number of hydrogen-bond acceptors (Lipinski definition) is 4. The van der Waals surface area contributed by atoms with Crippen LogP contribution in [0.3, 0.4) is 0 Å². The minimum absolute atomic E-state index is 0.364. The molecule has 0 aliphatic rings. The Hall–Kier alpha value is -1.62. The van der Waals surface area contributed by atoms with Crippen LogP contribution in [0.1, 0.15) is 6.92 Å². The van der Waals surface area contributed by atoms with Gasteiger partial charge in [0.2, 0.25) is 0 Å². The van der Waals surface area contributed by atoms with Crippen LogP contribution in [0.5, 0.6) is 0 Å². The van der Waals surface area contributed by atoms with Crippen molar-refractivity contribution in [3.05, 3.63) is 29.8 Å². The van der Waals surface area contributed by atoms with Crippen LogP contribution in [0.4, 0.5) is 11.4 Å². The first kappa shape index (κ1) is 9.92. The van der Waals surface area contributed by atoms with E-state index in [0.717, 1.165) is 17.9 Å². The second-order valence-corrected chi connectivity index (χ2v) is 3.36. The highest BCUT2D eigenvalue weighted by Gasteiger charge is 1.99. The molecule has 0 aromatic carbocycles. The molecule has 0 fully saturated rings. The monoisotopic (exact) mass is 223 g/mol. The van der Waals surface area contributed by atoms with Crippen LogP contribution >= 0.6 is 11.6 Å². The molecule has 2 rings (SSSR count). The summed E-state index contributed by atoms with van der Waals surface area (Å²) in [4.78, 5) is 0. The van der Waals surface area contributed by atoms with E-state index in [0.29, 0.717) is 5.15 Å². The molecule has 0 saturated carbocycles. The Balaban J connectivity index is 2.14. The smallest absolute Gasteiger partial charge is 0.153 e. The molecule has 0 aliphatic carbocycles. The molecule has 6 heteroatoms. The molecule has 0 amide bonds. The van der Waals surface area contributed by atoms with Gasteiger partial charge in [-0.1, -0.05) is 11.6 Å². The Morgan fingerprint density at radius 1 is 1.40 bits per heavy atom. The van der Waals surface area contributed by atoms with Gasteiger partial charge in [0.25, 0.3) is 0 Å². The van der Waals surface area contributed by atoms with E-state index in [1.165, 1.54) is 0 Å². The summed E-state index contributed by atoms with van der Waals surface area (Å²) >= 11 is 5.71. The Morgan fingerprint density at radius 3 is 2.93 bits per heavy atom. The highest BCUT2D eigenvalue weighted by Crippen LogP contribution is 2.16. The molecule has 2 aromatic rings. The fourth-order valence-corrected chi connectivity index (χ4v) is 1.34. The van der Waals surface area contributed by atoms with Gasteiger partial charge in [0.15, 0.2) is 5.15 Å². The maximum absolute atomic E-state index is 5.71. The van der Waals surface area contributed by atoms with Gasteiger partial charge in [-0.25, -0.2) is 0 Å². The number of anilines is 2. The van der Waals surface area contributed by atoms with E-state index in [2.05, 4.69) is 20.6 Å². The van der Waals surface area contributed by atoms with E-state index in [-0.39, 0.29) is 0 Å². The first-order valence-electron chi connectivity index (χ1n) is 4.55. The van der Waals surface area contributed by atoms with Crippen LogP contribution in [0.15, 0.2) is 24.7 Å². The van der Waals surface area contributed by atoms with Crippen molar-refractivity contribution in [2.45, 2.75) is 13.5 Å². The molecule has 0 unspecified atom stereocenters. The van der Waals surface area contributed by atoms with Crippen molar-refractivity contribution >= 4 is 23.0 Å². The van der Waals surface area contributed by atoms with Crippen LogP contribution in [0.25, 0.3) is 0 Å². The quantitative estimate of drug-likeness (QED) is 0.866. The molecule has 5 nitrogen and oxygen atoms in total. The summed E-state index contributed by atoms with van der Waals surface area (Å²) in [6.07, 6.45) is 5.27. The molecule has 0 radical (unpaired) electrons. The highest BCUT2D eigenvalue weighted by molar-refractivity contribution is 6.29. The van der Waals surface area contributed by atoms with E-state index in [1.54, 1.807) is 18.5 Å². The summed E-state index contributed by atoms with van der Waals surface area (Å²) < 4.78 is 1.83. The van der Waals surface area contributed by atoms with E-state index in [4.69, 9.17) is 11.6 Å². The van der Waals surface area contributed by atoms with Crippen molar-refractivity contribution in [3.8, 4) is 0 Å². The van der Waals surface area contributed by atoms with Crippen molar-refractivity contribution in [1.29, 1.82) is 0 Å². The molecular formula is C9H10ClN5. The average molecular weight is 224 g/mol. The van der Waals surface area contributed by atoms with Crippen molar-refractivity contribution in [2.75, 3.05) is 5.32 Å². The summed E-state index contributed by atoms with van der Waals surface area (Å²) in [6.45, 7) is 2.87. The van der Waals surface area contributed by atoms with Crippen LogP contribution in [-0.4, -0.2) is 20.0 Å². The molecule has 0 spiro atoms. The van der Waals surface area contributed by atoms with Crippen molar-refractivity contribution in [2.24, 2.45) is 0 Å². The van der Waals surface area contributed by atoms with Crippen LogP contribution in [-0.2, 0) is 6.54 Å². The Kier molecular flexibility index (Phi) is 2.82. The lowest BCUT2D eigenvalue weighted by Crippen LogP contribution is -1.93. The summed E-state index contributed by atoms with van der Waals surface area (Å²) in [7, 11) is 0. The van der Waals surface area contributed by atoms with Crippen molar-refractivity contribution < 1.29 is 0 Å². The second-order valence-electron chi connectivity index (χ2n) is 2.98. The molecule has 78 valence electrons. The van der Waals surface area contributed by atoms with Crippen molar-refractivity contribution in [3.63, 3.8) is 0 Å². The molecular weight excluding hydrogens is 214 g/mol. The summed E-state index contributed by atoms with van der Waals surface area (Å²) in [5.74, 6) is 0. The number of hydrogen-bond donors (Lipinski definition) is 1. The molecule has 1 N–H and O–H groups in total. The third-order valence-corrected chi connectivity index (χ3v) is 2.06. The first-order valence-corrected chi connectivity index (χ1v) is 4.93. The van der Waals surface area contributed by atoms with Gasteiger partial charge in [-0.2, -0.15) is 10.2 Å². The fraction of sp³-hybridized carbons (Fsp3) is 0.222. The largest absolute Gasteiger partial charge is 0.352 e. The van der Waals surface area contributed by atoms with Gasteiger partial charge in [0.05, 0.1) is 23.8 Å². The van der Waals surface area contributed by atoms with Crippen LogP contribution < -0.4 is 5.32 Å². The predicted molar refractivity (Wildman–Crippen MR) is 58.2 cm³/mol. The van der Waals surface area contributed by atoms with Gasteiger partial charge in [-0.3, -0.25) is 4.68 Å². The topological polar surface area (TPSA) is 55.6 Å². The molecule has 2 heterocycles. The van der Waals surface area contributed by atoms with Gasteiger partial charge in [-0.15, -0.1) is 5.10 Å². The summed E-state index contributed by atoms with van der Waals surface area (Å²) in [5, 5.41) is 15.0. The normalized spacial score (nSPS) is 10.3. The Bertz CT molecular complexity index is 453. The Labute approximate surface area is 92.1 Å². The summed E-state index contributed by atoms with van der Waals surface area (Å²) in [5.41, 5.74) is 1.70. The van der Waals surface area contributed by atoms with Crippen LogP contribution in [0, 0.1) is 0 Å². The number of nitrogens with one attached hydrogen (secondary N) is 1. The molecule has 2 aromatic heterocycles. The lowest BCUT2D eigenvalue weighted by molar-refractivity contribution is 0.660. The number of aryl methyl sites for hydroxylation is 1. The van der Waals surface area contributed by atoms with Gasteiger partial charge in [-0.05, 0) is 6.92 Å². The van der Waals surface area contributed by atoms with E-state index in [9.17, 15) is 0 Å². The molecule has 0 aliphatic heterocycles. The van der Waals surface area contributed by atoms with Gasteiger partial charge >= 0.3 is 0 Å². The maximum atomic E-state index is 5.71. The Morgan fingerprint density at radius 2 is 2.27 bits per heavy atom. The number of halogens is 1. The van der Waals surface area contributed by atoms with Crippen molar-refractivity contribution in [1.82, 2.24) is 20.0 Å². The summed E-state index contributed by atoms with van der Waals surface area (Å²) in [6, 6.07) is 1.71. The zero-order valence-electron chi connectivity index (χ0n) is 8.18. The van der Waals surface area contributed by atoms with E-state index in [1.807, 2.05) is 17.8 Å². The highest BCUT2D eigenvalue weighted by atomic mass is 35.5. The minimum Gasteiger partial charge on any atom is -0.352 e. The standard InChI is InChI=1S/C9H10ClN5/c1-2-15-6-8(5-12-15)13-7-3-9(10)14-11-4-7/h3-6H,2H2,1H3,(H,13,14). The third kappa shape index (κ3) is 2.44. The molecule has 0 saturated heterocycles. The lowest BCUT2D eigenvalue weighted by Gasteiger charge is -2.01. The zero-order chi connectivity index (χ0) is 10.7. The molecule has 0 bridgehead atoms. The lowest BCUT2D eigenvalue weighted by atomic mass is 10.4. The van der Waals surface area contributed by atoms with Crippen LogP contribution in [0.2, 0.25) is 5.15 Å². The van der Waals surface area contributed by atoms with Gasteiger partial charge in [0, 0.05) is 18.8 Å². The average Bonchev–Trinajstić information content (AvgIpc) is 2.65. The number of nitrogens with zero attached hydrogens (tertiary/aromatic N) is 4. The third-order valence-electron chi connectivity index (χ3n) is 1.87. The molecule has 15 heavy (non-hydrogen) atoms. The van der Waals surface area contributed by atoms with E-state index >= 15 is 0 Å². The minimum atomic E-state index is 0.364. The predicted octanol–water partition coefficient (Wildman–Crippen LogP) is 2.09. The SMILES string of the molecule is CCn1cc(Nc2cnnc(Cl)c2)cn1. The second kappa shape index (κ2) is 4.27. The van der Waals surface area contributed by atoms with E-state index < -0.39 is 0 Å². The molecule has 0 atom stereocenters. The number of aromatic nitrogens is 4. The zero-order valence-corrected chi connectivity index (χ0v) is 8.94. The first-order chi connectivity index (χ1) is 7.28. The fourth-order valence-electron chi connectivity index (χ4n) is 1.18. The van der Waals surface area contributed by atoms with Gasteiger partial charge in [0.1, 0.15) is 0 Å². The number of rotatable bonds is 3. The van der Waals surface area contributed by atoms with Gasteiger partial charge < -0.3 is 5.32 Å². The maximum Gasteiger partial charge on any atom is 0.153 e.